The molecule has 92 valence electrons. The topological polar surface area (TPSA) is 46.9 Å². The highest BCUT2D eigenvalue weighted by Gasteiger charge is 2.22. The van der Waals surface area contributed by atoms with Crippen LogP contribution in [0.3, 0.4) is 0 Å². The first-order chi connectivity index (χ1) is 8.75. The summed E-state index contributed by atoms with van der Waals surface area (Å²) in [5.74, 6) is 0. The maximum absolute atomic E-state index is 12.2. The average molecular weight is 306 g/mol. The number of aromatic nitrogens is 2. The molecule has 1 N–H and O–H groups in total. The maximum Gasteiger partial charge on any atom is 0.287 e. The van der Waals surface area contributed by atoms with Gasteiger partial charge in [-0.05, 0) is 40.9 Å². The number of anilines is 1. The number of nitrogens with zero attached hydrogens (tertiary/aromatic N) is 2. The second kappa shape index (κ2) is 4.57. The standard InChI is InChI=1S/C13H12BrN3O/c14-12-11(16-9-6-7-9)8-15-17(13(12)18)10-4-2-1-3-5-10/h1-5,8-9,16H,6-7H2. The molecule has 18 heavy (non-hydrogen) atoms. The van der Waals surface area contributed by atoms with E-state index in [9.17, 15) is 4.79 Å². The van der Waals surface area contributed by atoms with Crippen molar-refractivity contribution in [1.29, 1.82) is 0 Å². The van der Waals surface area contributed by atoms with Crippen LogP contribution >= 0.6 is 15.9 Å². The van der Waals surface area contributed by atoms with E-state index in [2.05, 4.69) is 26.3 Å². The summed E-state index contributed by atoms with van der Waals surface area (Å²) < 4.78 is 1.93. The molecule has 1 heterocycles. The lowest BCUT2D eigenvalue weighted by molar-refractivity contribution is 0.800. The molecule has 1 aromatic carbocycles. The van der Waals surface area contributed by atoms with Gasteiger partial charge in [-0.2, -0.15) is 9.78 Å². The molecule has 1 aliphatic rings. The highest BCUT2D eigenvalue weighted by molar-refractivity contribution is 9.10. The van der Waals surface area contributed by atoms with Crippen LogP contribution in [0.1, 0.15) is 12.8 Å². The predicted molar refractivity (Wildman–Crippen MR) is 74.2 cm³/mol. The van der Waals surface area contributed by atoms with E-state index in [1.54, 1.807) is 6.20 Å². The van der Waals surface area contributed by atoms with E-state index in [4.69, 9.17) is 0 Å². The van der Waals surface area contributed by atoms with E-state index in [-0.39, 0.29) is 5.56 Å². The molecule has 0 bridgehead atoms. The van der Waals surface area contributed by atoms with Crippen molar-refractivity contribution in [3.8, 4) is 5.69 Å². The Morgan fingerprint density at radius 3 is 2.67 bits per heavy atom. The van der Waals surface area contributed by atoms with Crippen molar-refractivity contribution in [2.75, 3.05) is 5.32 Å². The highest BCUT2D eigenvalue weighted by atomic mass is 79.9. The molecule has 1 aromatic heterocycles. The van der Waals surface area contributed by atoms with E-state index in [1.165, 1.54) is 4.68 Å². The molecule has 0 spiro atoms. The predicted octanol–water partition coefficient (Wildman–Crippen LogP) is 2.57. The van der Waals surface area contributed by atoms with Gasteiger partial charge in [0.15, 0.2) is 0 Å². The summed E-state index contributed by atoms with van der Waals surface area (Å²) in [5.41, 5.74) is 1.39. The Bertz CT molecular complexity index is 620. The molecule has 5 heteroatoms. The van der Waals surface area contributed by atoms with Gasteiger partial charge in [0.1, 0.15) is 4.47 Å². The van der Waals surface area contributed by atoms with E-state index >= 15 is 0 Å². The van der Waals surface area contributed by atoms with Gasteiger partial charge in [-0.15, -0.1) is 0 Å². The zero-order valence-electron chi connectivity index (χ0n) is 9.64. The molecule has 0 atom stereocenters. The van der Waals surface area contributed by atoms with Gasteiger partial charge >= 0.3 is 0 Å². The van der Waals surface area contributed by atoms with Crippen LogP contribution in [0.2, 0.25) is 0 Å². The van der Waals surface area contributed by atoms with Crippen LogP contribution in [0, 0.1) is 0 Å². The summed E-state index contributed by atoms with van der Waals surface area (Å²) in [7, 11) is 0. The number of benzene rings is 1. The maximum atomic E-state index is 12.2. The smallest absolute Gasteiger partial charge is 0.287 e. The average Bonchev–Trinajstić information content (AvgIpc) is 3.20. The first kappa shape index (κ1) is 11.5. The van der Waals surface area contributed by atoms with Crippen molar-refractivity contribution in [3.05, 3.63) is 51.4 Å². The van der Waals surface area contributed by atoms with Gasteiger partial charge in [0, 0.05) is 6.04 Å². The van der Waals surface area contributed by atoms with E-state index in [0.29, 0.717) is 10.5 Å². The molecule has 1 fully saturated rings. The van der Waals surface area contributed by atoms with Crippen molar-refractivity contribution >= 4 is 21.6 Å². The normalized spacial score (nSPS) is 14.5. The molecule has 3 rings (SSSR count). The summed E-state index contributed by atoms with van der Waals surface area (Å²) >= 11 is 3.35. The van der Waals surface area contributed by atoms with Gasteiger partial charge in [0.25, 0.3) is 5.56 Å². The quantitative estimate of drug-likeness (QED) is 0.948. The van der Waals surface area contributed by atoms with Crippen molar-refractivity contribution in [3.63, 3.8) is 0 Å². The molecule has 0 aliphatic heterocycles. The lowest BCUT2D eigenvalue weighted by Gasteiger charge is -2.09. The van der Waals surface area contributed by atoms with Crippen LogP contribution in [-0.2, 0) is 0 Å². The Balaban J connectivity index is 2.02. The van der Waals surface area contributed by atoms with Gasteiger partial charge < -0.3 is 5.32 Å². The summed E-state index contributed by atoms with van der Waals surface area (Å²) in [4.78, 5) is 12.2. The molecule has 0 unspecified atom stereocenters. The SMILES string of the molecule is O=c1c(Br)c(NC2CC2)cnn1-c1ccccc1. The third-order valence-electron chi connectivity index (χ3n) is 2.86. The number of halogens is 1. The van der Waals surface area contributed by atoms with Gasteiger partial charge in [-0.25, -0.2) is 0 Å². The Hall–Kier alpha value is -1.62. The second-order valence-corrected chi connectivity index (χ2v) is 5.14. The van der Waals surface area contributed by atoms with Crippen molar-refractivity contribution in [2.45, 2.75) is 18.9 Å². The molecule has 0 radical (unpaired) electrons. The van der Waals surface area contributed by atoms with E-state index < -0.39 is 0 Å². The zero-order valence-corrected chi connectivity index (χ0v) is 11.2. The fourth-order valence-corrected chi connectivity index (χ4v) is 2.12. The second-order valence-electron chi connectivity index (χ2n) is 4.34. The van der Waals surface area contributed by atoms with Gasteiger partial charge in [-0.1, -0.05) is 18.2 Å². The molecular formula is C13H12BrN3O. The third-order valence-corrected chi connectivity index (χ3v) is 3.62. The van der Waals surface area contributed by atoms with Gasteiger partial charge in [-0.3, -0.25) is 4.79 Å². The van der Waals surface area contributed by atoms with Crippen LogP contribution in [0.5, 0.6) is 0 Å². The highest BCUT2D eigenvalue weighted by Crippen LogP contribution is 2.27. The zero-order chi connectivity index (χ0) is 12.5. The lowest BCUT2D eigenvalue weighted by Crippen LogP contribution is -2.23. The molecular weight excluding hydrogens is 294 g/mol. The van der Waals surface area contributed by atoms with Crippen LogP contribution in [-0.4, -0.2) is 15.8 Å². The number of hydrogen-bond acceptors (Lipinski definition) is 3. The lowest BCUT2D eigenvalue weighted by atomic mass is 10.3. The van der Waals surface area contributed by atoms with Crippen molar-refractivity contribution < 1.29 is 0 Å². The van der Waals surface area contributed by atoms with Crippen molar-refractivity contribution in [2.24, 2.45) is 0 Å². The van der Waals surface area contributed by atoms with Crippen LogP contribution in [0.25, 0.3) is 5.69 Å². The third kappa shape index (κ3) is 2.18. The van der Waals surface area contributed by atoms with Crippen molar-refractivity contribution in [1.82, 2.24) is 9.78 Å². The minimum absolute atomic E-state index is 0.146. The Labute approximate surface area is 113 Å². The van der Waals surface area contributed by atoms with Crippen LogP contribution < -0.4 is 10.9 Å². The molecule has 2 aromatic rings. The molecule has 0 saturated heterocycles. The largest absolute Gasteiger partial charge is 0.380 e. The number of nitrogens with one attached hydrogen (secondary N) is 1. The monoisotopic (exact) mass is 305 g/mol. The van der Waals surface area contributed by atoms with E-state index in [1.807, 2.05) is 30.3 Å². The van der Waals surface area contributed by atoms with Crippen LogP contribution in [0.15, 0.2) is 45.8 Å². The van der Waals surface area contributed by atoms with E-state index in [0.717, 1.165) is 24.2 Å². The summed E-state index contributed by atoms with van der Waals surface area (Å²) in [6, 6.07) is 9.88. The first-order valence-corrected chi connectivity index (χ1v) is 6.65. The summed E-state index contributed by atoms with van der Waals surface area (Å²) in [6.45, 7) is 0. The Morgan fingerprint density at radius 2 is 2.00 bits per heavy atom. The summed E-state index contributed by atoms with van der Waals surface area (Å²) in [6.07, 6.45) is 4.01. The fourth-order valence-electron chi connectivity index (χ4n) is 1.73. The van der Waals surface area contributed by atoms with Gasteiger partial charge in [0.05, 0.1) is 17.6 Å². The minimum Gasteiger partial charge on any atom is -0.380 e. The minimum atomic E-state index is -0.146. The molecule has 1 aliphatic carbocycles. The number of hydrogen-bond donors (Lipinski definition) is 1. The summed E-state index contributed by atoms with van der Waals surface area (Å²) in [5, 5.41) is 7.48. The van der Waals surface area contributed by atoms with Gasteiger partial charge in [0.2, 0.25) is 0 Å². The first-order valence-electron chi connectivity index (χ1n) is 5.85. The number of para-hydroxylation sites is 1. The fraction of sp³-hybridized carbons (Fsp3) is 0.231. The Kier molecular flexibility index (Phi) is 2.91. The molecule has 0 amide bonds. The molecule has 1 saturated carbocycles. The van der Waals surface area contributed by atoms with Crippen LogP contribution in [0.4, 0.5) is 5.69 Å². The Morgan fingerprint density at radius 1 is 1.28 bits per heavy atom. The molecule has 4 nitrogen and oxygen atoms in total. The number of rotatable bonds is 3.